The van der Waals surface area contributed by atoms with Crippen LogP contribution in [0.25, 0.3) is 10.2 Å². The number of carboxylic acid groups (broad SMARTS) is 1. The van der Waals surface area contributed by atoms with Gasteiger partial charge in [-0.1, -0.05) is 42.5 Å². The van der Waals surface area contributed by atoms with Crippen molar-refractivity contribution in [2.24, 2.45) is 0 Å². The van der Waals surface area contributed by atoms with E-state index in [1.165, 1.54) is 6.92 Å². The van der Waals surface area contributed by atoms with Crippen LogP contribution in [0.4, 0.5) is 0 Å². The van der Waals surface area contributed by atoms with Crippen molar-refractivity contribution in [1.29, 1.82) is 0 Å². The molecule has 0 bridgehead atoms. The number of fused-ring (bicyclic) bond motifs is 1. The minimum Gasteiger partial charge on any atom is -0.480 e. The number of carbonyl (C=O) groups excluding carboxylic acids is 1. The third kappa shape index (κ3) is 3.60. The van der Waals surface area contributed by atoms with Crippen molar-refractivity contribution in [2.45, 2.75) is 31.7 Å². The highest BCUT2D eigenvalue weighted by Gasteiger charge is 2.37. The van der Waals surface area contributed by atoms with Crippen LogP contribution in [0.3, 0.4) is 0 Å². The summed E-state index contributed by atoms with van der Waals surface area (Å²) in [4.78, 5) is 28.8. The standard InChI is InChI=1S/C20H20N2O3S/c1-13(18(23)24)21-19(25)20(2,14-8-4-3-5-9-14)12-17-22-15-10-6-7-11-16(15)26-17/h3-11,13H,12H2,1-2H3,(H,21,25)(H,23,24)/t13-,20?/m1/s1. The fourth-order valence-electron chi connectivity index (χ4n) is 2.84. The molecule has 0 saturated carbocycles. The van der Waals surface area contributed by atoms with E-state index in [1.807, 2.05) is 61.5 Å². The van der Waals surface area contributed by atoms with Crippen molar-refractivity contribution in [1.82, 2.24) is 10.3 Å². The zero-order valence-electron chi connectivity index (χ0n) is 14.6. The summed E-state index contributed by atoms with van der Waals surface area (Å²) in [5.74, 6) is -1.38. The normalized spacial score (nSPS) is 14.5. The van der Waals surface area contributed by atoms with Crippen LogP contribution in [-0.2, 0) is 21.4 Å². The van der Waals surface area contributed by atoms with Crippen LogP contribution in [0.1, 0.15) is 24.4 Å². The van der Waals surface area contributed by atoms with E-state index in [0.717, 1.165) is 20.8 Å². The minimum absolute atomic E-state index is 0.321. The predicted molar refractivity (Wildman–Crippen MR) is 102 cm³/mol. The molecule has 3 rings (SSSR count). The lowest BCUT2D eigenvalue weighted by molar-refractivity contribution is -0.142. The molecule has 0 aliphatic carbocycles. The number of benzene rings is 2. The number of aromatic nitrogens is 1. The molecule has 26 heavy (non-hydrogen) atoms. The molecule has 5 nitrogen and oxygen atoms in total. The van der Waals surface area contributed by atoms with Crippen LogP contribution in [0, 0.1) is 0 Å². The number of hydrogen-bond donors (Lipinski definition) is 2. The highest BCUT2D eigenvalue weighted by Crippen LogP contribution is 2.32. The number of para-hydroxylation sites is 1. The lowest BCUT2D eigenvalue weighted by Gasteiger charge is -2.29. The Labute approximate surface area is 155 Å². The maximum absolute atomic E-state index is 13.0. The van der Waals surface area contributed by atoms with Crippen molar-refractivity contribution in [3.05, 3.63) is 65.2 Å². The quantitative estimate of drug-likeness (QED) is 0.699. The summed E-state index contributed by atoms with van der Waals surface area (Å²) in [6.07, 6.45) is 0.397. The van der Waals surface area contributed by atoms with Gasteiger partial charge in [0.05, 0.1) is 20.6 Å². The molecule has 1 unspecified atom stereocenters. The third-order valence-electron chi connectivity index (χ3n) is 4.47. The van der Waals surface area contributed by atoms with E-state index in [4.69, 9.17) is 5.11 Å². The molecule has 0 aliphatic heterocycles. The molecule has 0 radical (unpaired) electrons. The van der Waals surface area contributed by atoms with E-state index in [2.05, 4.69) is 10.3 Å². The van der Waals surface area contributed by atoms with Crippen molar-refractivity contribution in [3.63, 3.8) is 0 Å². The maximum atomic E-state index is 13.0. The Bertz CT molecular complexity index is 905. The van der Waals surface area contributed by atoms with Gasteiger partial charge in [-0.05, 0) is 31.5 Å². The summed E-state index contributed by atoms with van der Waals surface area (Å²) >= 11 is 1.55. The number of aliphatic carboxylic acids is 1. The van der Waals surface area contributed by atoms with Crippen LogP contribution in [-0.4, -0.2) is 28.0 Å². The first-order valence-electron chi connectivity index (χ1n) is 8.34. The molecule has 1 heterocycles. The molecule has 2 N–H and O–H groups in total. The Hall–Kier alpha value is -2.73. The lowest BCUT2D eigenvalue weighted by atomic mass is 9.78. The minimum atomic E-state index is -1.06. The SMILES string of the molecule is C[C@@H](NC(=O)C(C)(Cc1nc2ccccc2s1)c1ccccc1)C(=O)O. The van der Waals surface area contributed by atoms with Crippen molar-refractivity contribution >= 4 is 33.4 Å². The Morgan fingerprint density at radius 3 is 2.46 bits per heavy atom. The molecule has 0 spiro atoms. The van der Waals surface area contributed by atoms with E-state index in [1.54, 1.807) is 11.3 Å². The molecular weight excluding hydrogens is 348 g/mol. The number of carbonyl (C=O) groups is 2. The molecule has 1 aromatic heterocycles. The first-order valence-corrected chi connectivity index (χ1v) is 9.15. The molecule has 6 heteroatoms. The summed E-state index contributed by atoms with van der Waals surface area (Å²) in [7, 11) is 0. The van der Waals surface area contributed by atoms with E-state index >= 15 is 0 Å². The monoisotopic (exact) mass is 368 g/mol. The van der Waals surface area contributed by atoms with Gasteiger partial charge in [-0.15, -0.1) is 11.3 Å². The summed E-state index contributed by atoms with van der Waals surface area (Å²) in [5, 5.41) is 12.6. The Kier molecular flexibility index (Phi) is 5.04. The second kappa shape index (κ2) is 7.25. The number of amides is 1. The van der Waals surface area contributed by atoms with Gasteiger partial charge in [0.1, 0.15) is 6.04 Å². The van der Waals surface area contributed by atoms with E-state index in [0.29, 0.717) is 6.42 Å². The Morgan fingerprint density at radius 1 is 1.15 bits per heavy atom. The van der Waals surface area contributed by atoms with Gasteiger partial charge in [-0.3, -0.25) is 9.59 Å². The molecule has 3 aromatic rings. The first-order chi connectivity index (χ1) is 12.4. The molecule has 0 fully saturated rings. The van der Waals surface area contributed by atoms with Crippen LogP contribution < -0.4 is 5.32 Å². The third-order valence-corrected chi connectivity index (χ3v) is 5.51. The lowest BCUT2D eigenvalue weighted by Crippen LogP contribution is -2.49. The van der Waals surface area contributed by atoms with Crippen LogP contribution in [0.15, 0.2) is 54.6 Å². The number of carboxylic acids is 1. The van der Waals surface area contributed by atoms with Gasteiger partial charge in [-0.25, -0.2) is 4.98 Å². The topological polar surface area (TPSA) is 79.3 Å². The van der Waals surface area contributed by atoms with Gasteiger partial charge < -0.3 is 10.4 Å². The van der Waals surface area contributed by atoms with Crippen molar-refractivity contribution in [2.75, 3.05) is 0 Å². The zero-order valence-corrected chi connectivity index (χ0v) is 15.4. The van der Waals surface area contributed by atoms with Gasteiger partial charge in [-0.2, -0.15) is 0 Å². The molecule has 134 valence electrons. The first kappa shape index (κ1) is 18.1. The summed E-state index contributed by atoms with van der Waals surface area (Å²) in [6, 6.07) is 16.3. The van der Waals surface area contributed by atoms with E-state index in [9.17, 15) is 9.59 Å². The largest absolute Gasteiger partial charge is 0.480 e. The van der Waals surface area contributed by atoms with Gasteiger partial charge in [0.25, 0.3) is 0 Å². The van der Waals surface area contributed by atoms with Gasteiger partial charge in [0.2, 0.25) is 5.91 Å². The molecule has 1 amide bonds. The molecular formula is C20H20N2O3S. The zero-order chi connectivity index (χ0) is 18.7. The maximum Gasteiger partial charge on any atom is 0.325 e. The number of hydrogen-bond acceptors (Lipinski definition) is 4. The van der Waals surface area contributed by atoms with Gasteiger partial charge >= 0.3 is 5.97 Å². The fourth-order valence-corrected chi connectivity index (χ4v) is 3.96. The Balaban J connectivity index is 1.97. The van der Waals surface area contributed by atoms with Gasteiger partial charge in [0.15, 0.2) is 0 Å². The molecule has 2 atom stereocenters. The number of thiazole rings is 1. The average molecular weight is 368 g/mol. The van der Waals surface area contributed by atoms with E-state index in [-0.39, 0.29) is 5.91 Å². The van der Waals surface area contributed by atoms with Crippen LogP contribution in [0.5, 0.6) is 0 Å². The van der Waals surface area contributed by atoms with Gasteiger partial charge in [0, 0.05) is 6.42 Å². The number of nitrogens with one attached hydrogen (secondary N) is 1. The van der Waals surface area contributed by atoms with Crippen LogP contribution in [0.2, 0.25) is 0 Å². The Morgan fingerprint density at radius 2 is 1.81 bits per heavy atom. The molecule has 0 aliphatic rings. The van der Waals surface area contributed by atoms with Crippen LogP contribution >= 0.6 is 11.3 Å². The number of rotatable bonds is 6. The van der Waals surface area contributed by atoms with Crippen molar-refractivity contribution < 1.29 is 14.7 Å². The number of nitrogens with zero attached hydrogens (tertiary/aromatic N) is 1. The smallest absolute Gasteiger partial charge is 0.325 e. The summed E-state index contributed by atoms with van der Waals surface area (Å²) in [5.41, 5.74) is 0.815. The second-order valence-electron chi connectivity index (χ2n) is 6.48. The molecule has 0 saturated heterocycles. The average Bonchev–Trinajstić information content (AvgIpc) is 3.04. The highest BCUT2D eigenvalue weighted by molar-refractivity contribution is 7.18. The predicted octanol–water partition coefficient (Wildman–Crippen LogP) is 3.39. The highest BCUT2D eigenvalue weighted by atomic mass is 32.1. The molecule has 2 aromatic carbocycles. The fraction of sp³-hybridized carbons (Fsp3) is 0.250. The second-order valence-corrected chi connectivity index (χ2v) is 7.60. The summed E-state index contributed by atoms with van der Waals surface area (Å²) in [6.45, 7) is 3.29. The summed E-state index contributed by atoms with van der Waals surface area (Å²) < 4.78 is 1.07. The van der Waals surface area contributed by atoms with Crippen molar-refractivity contribution in [3.8, 4) is 0 Å². The van der Waals surface area contributed by atoms with E-state index < -0.39 is 17.4 Å².